The summed E-state index contributed by atoms with van der Waals surface area (Å²) in [6, 6.07) is 2.03. The lowest BCUT2D eigenvalue weighted by atomic mass is 10.3. The Kier molecular flexibility index (Phi) is 4.22. The van der Waals surface area contributed by atoms with E-state index in [1.165, 1.54) is 4.90 Å². The molecule has 0 aliphatic carbocycles. The molecule has 0 aliphatic heterocycles. The number of thioether (sulfide) groups is 1. The molecule has 1 aromatic rings. The van der Waals surface area contributed by atoms with Crippen molar-refractivity contribution in [3.63, 3.8) is 0 Å². The van der Waals surface area contributed by atoms with Crippen LogP contribution in [0.3, 0.4) is 0 Å². The Balaban J connectivity index is 2.38. The number of furan rings is 1. The lowest BCUT2D eigenvalue weighted by Gasteiger charge is -2.05. The Hall–Kier alpha value is 0.110. The second-order valence-corrected chi connectivity index (χ2v) is 4.62. The third-order valence-electron chi connectivity index (χ3n) is 1.60. The molecule has 1 aromatic heterocycles. The SMILES string of the molecule is Cc1occc1SCC(C)CBr. The van der Waals surface area contributed by atoms with Crippen molar-refractivity contribution in [1.29, 1.82) is 0 Å². The van der Waals surface area contributed by atoms with E-state index >= 15 is 0 Å². The van der Waals surface area contributed by atoms with E-state index in [-0.39, 0.29) is 0 Å². The normalized spacial score (nSPS) is 13.2. The van der Waals surface area contributed by atoms with Crippen LogP contribution < -0.4 is 0 Å². The first-order valence-corrected chi connectivity index (χ1v) is 6.07. The van der Waals surface area contributed by atoms with Crippen LogP contribution in [0.15, 0.2) is 21.6 Å². The van der Waals surface area contributed by atoms with Gasteiger partial charge in [-0.3, -0.25) is 0 Å². The number of aryl methyl sites for hydroxylation is 1. The van der Waals surface area contributed by atoms with Gasteiger partial charge in [0.1, 0.15) is 5.76 Å². The second kappa shape index (κ2) is 4.97. The van der Waals surface area contributed by atoms with Crippen molar-refractivity contribution < 1.29 is 4.42 Å². The maximum absolute atomic E-state index is 5.20. The van der Waals surface area contributed by atoms with Crippen LogP contribution >= 0.6 is 27.7 Å². The highest BCUT2D eigenvalue weighted by molar-refractivity contribution is 9.09. The van der Waals surface area contributed by atoms with Crippen LogP contribution in [-0.2, 0) is 0 Å². The van der Waals surface area contributed by atoms with E-state index in [1.54, 1.807) is 6.26 Å². The van der Waals surface area contributed by atoms with Gasteiger partial charge in [-0.05, 0) is 18.9 Å². The van der Waals surface area contributed by atoms with Crippen molar-refractivity contribution in [2.24, 2.45) is 5.92 Å². The van der Waals surface area contributed by atoms with E-state index < -0.39 is 0 Å². The van der Waals surface area contributed by atoms with Gasteiger partial charge in [0.15, 0.2) is 0 Å². The van der Waals surface area contributed by atoms with Gasteiger partial charge in [-0.15, -0.1) is 11.8 Å². The quantitative estimate of drug-likeness (QED) is 0.596. The summed E-state index contributed by atoms with van der Waals surface area (Å²) in [4.78, 5) is 1.27. The Bertz CT molecular complexity index is 234. The van der Waals surface area contributed by atoms with Crippen LogP contribution in [0, 0.1) is 12.8 Å². The van der Waals surface area contributed by atoms with Gasteiger partial charge >= 0.3 is 0 Å². The minimum absolute atomic E-state index is 0.712. The maximum atomic E-state index is 5.20. The van der Waals surface area contributed by atoms with Gasteiger partial charge in [0, 0.05) is 16.0 Å². The molecule has 1 nitrogen and oxygen atoms in total. The third kappa shape index (κ3) is 2.87. The standard InChI is InChI=1S/C9H13BrOS/c1-7(5-10)6-12-9-3-4-11-8(9)2/h3-4,7H,5-6H2,1-2H3. The predicted octanol–water partition coefficient (Wildman–Crippen LogP) is 3.71. The van der Waals surface area contributed by atoms with Gasteiger partial charge in [-0.2, -0.15) is 0 Å². The molecule has 0 bridgehead atoms. The number of alkyl halides is 1. The molecule has 12 heavy (non-hydrogen) atoms. The van der Waals surface area contributed by atoms with E-state index in [2.05, 4.69) is 22.9 Å². The summed E-state index contributed by atoms with van der Waals surface area (Å²) in [7, 11) is 0. The van der Waals surface area contributed by atoms with E-state index in [9.17, 15) is 0 Å². The summed E-state index contributed by atoms with van der Waals surface area (Å²) in [5.74, 6) is 2.89. The molecular formula is C9H13BrOS. The van der Waals surface area contributed by atoms with E-state index in [0.717, 1.165) is 16.8 Å². The minimum atomic E-state index is 0.712. The maximum Gasteiger partial charge on any atom is 0.114 e. The van der Waals surface area contributed by atoms with Gasteiger partial charge in [0.2, 0.25) is 0 Å². The topological polar surface area (TPSA) is 13.1 Å². The van der Waals surface area contributed by atoms with Gasteiger partial charge < -0.3 is 4.42 Å². The smallest absolute Gasteiger partial charge is 0.114 e. The summed E-state index contributed by atoms with van der Waals surface area (Å²) in [6.45, 7) is 4.23. The summed E-state index contributed by atoms with van der Waals surface area (Å²) in [6.07, 6.45) is 1.75. The molecule has 1 rings (SSSR count). The molecule has 0 saturated carbocycles. The van der Waals surface area contributed by atoms with Crippen molar-refractivity contribution in [2.75, 3.05) is 11.1 Å². The van der Waals surface area contributed by atoms with E-state index in [1.807, 2.05) is 24.8 Å². The van der Waals surface area contributed by atoms with Crippen molar-refractivity contribution >= 4 is 27.7 Å². The fourth-order valence-electron chi connectivity index (χ4n) is 0.800. The fourth-order valence-corrected chi connectivity index (χ4v) is 2.32. The van der Waals surface area contributed by atoms with Crippen molar-refractivity contribution in [3.05, 3.63) is 18.1 Å². The first-order valence-electron chi connectivity index (χ1n) is 3.97. The van der Waals surface area contributed by atoms with E-state index in [0.29, 0.717) is 5.92 Å². The molecule has 0 aromatic carbocycles. The zero-order valence-corrected chi connectivity index (χ0v) is 9.74. The van der Waals surface area contributed by atoms with Crippen LogP contribution in [0.5, 0.6) is 0 Å². The van der Waals surface area contributed by atoms with Crippen molar-refractivity contribution in [1.82, 2.24) is 0 Å². The fraction of sp³-hybridized carbons (Fsp3) is 0.556. The molecule has 1 unspecified atom stereocenters. The second-order valence-electron chi connectivity index (χ2n) is 2.91. The van der Waals surface area contributed by atoms with Crippen molar-refractivity contribution in [2.45, 2.75) is 18.7 Å². The average Bonchev–Trinajstić information content (AvgIpc) is 2.47. The van der Waals surface area contributed by atoms with Gasteiger partial charge in [-0.1, -0.05) is 22.9 Å². The Morgan fingerprint density at radius 2 is 2.42 bits per heavy atom. The highest BCUT2D eigenvalue weighted by atomic mass is 79.9. The zero-order chi connectivity index (χ0) is 8.97. The summed E-state index contributed by atoms with van der Waals surface area (Å²) in [5.41, 5.74) is 0. The highest BCUT2D eigenvalue weighted by Crippen LogP contribution is 2.25. The summed E-state index contributed by atoms with van der Waals surface area (Å²) < 4.78 is 5.20. The monoisotopic (exact) mass is 248 g/mol. The summed E-state index contributed by atoms with van der Waals surface area (Å²) >= 11 is 5.32. The van der Waals surface area contributed by atoms with Gasteiger partial charge in [0.25, 0.3) is 0 Å². The molecule has 0 radical (unpaired) electrons. The first-order chi connectivity index (χ1) is 5.74. The molecule has 3 heteroatoms. The average molecular weight is 249 g/mol. The lowest BCUT2D eigenvalue weighted by molar-refractivity contribution is 0.527. The highest BCUT2D eigenvalue weighted by Gasteiger charge is 2.04. The third-order valence-corrected chi connectivity index (χ3v) is 4.17. The van der Waals surface area contributed by atoms with E-state index in [4.69, 9.17) is 4.42 Å². The minimum Gasteiger partial charge on any atom is -0.468 e. The Morgan fingerprint density at radius 3 is 2.92 bits per heavy atom. The molecule has 0 spiro atoms. The van der Waals surface area contributed by atoms with Crippen LogP contribution in [0.1, 0.15) is 12.7 Å². The predicted molar refractivity (Wildman–Crippen MR) is 57.1 cm³/mol. The Labute approximate surface area is 86.0 Å². The molecular weight excluding hydrogens is 236 g/mol. The van der Waals surface area contributed by atoms with Crippen molar-refractivity contribution in [3.8, 4) is 0 Å². The summed E-state index contributed by atoms with van der Waals surface area (Å²) in [5, 5.41) is 1.07. The largest absolute Gasteiger partial charge is 0.468 e. The molecule has 68 valence electrons. The number of hydrogen-bond donors (Lipinski definition) is 0. The van der Waals surface area contributed by atoms with Crippen LogP contribution in [0.2, 0.25) is 0 Å². The number of halogens is 1. The lowest BCUT2D eigenvalue weighted by Crippen LogP contribution is -1.98. The molecule has 1 heterocycles. The Morgan fingerprint density at radius 1 is 1.67 bits per heavy atom. The van der Waals surface area contributed by atoms with Crippen LogP contribution in [0.25, 0.3) is 0 Å². The molecule has 0 aliphatic rings. The molecule has 0 fully saturated rings. The van der Waals surface area contributed by atoms with Crippen LogP contribution in [0.4, 0.5) is 0 Å². The van der Waals surface area contributed by atoms with Gasteiger partial charge in [-0.25, -0.2) is 0 Å². The number of hydrogen-bond acceptors (Lipinski definition) is 2. The van der Waals surface area contributed by atoms with Crippen LogP contribution in [-0.4, -0.2) is 11.1 Å². The molecule has 1 atom stereocenters. The first kappa shape index (κ1) is 10.2. The molecule has 0 saturated heterocycles. The van der Waals surface area contributed by atoms with Gasteiger partial charge in [0.05, 0.1) is 6.26 Å². The zero-order valence-electron chi connectivity index (χ0n) is 7.34. The molecule has 0 amide bonds. The molecule has 0 N–H and O–H groups in total. The number of rotatable bonds is 4.